The molecule has 1 aliphatic rings. The van der Waals surface area contributed by atoms with Crippen LogP contribution < -0.4 is 9.80 Å². The van der Waals surface area contributed by atoms with Crippen LogP contribution in [0.5, 0.6) is 0 Å². The lowest BCUT2D eigenvalue weighted by Crippen LogP contribution is -2.45. The SMILES string of the molecule is Cc1cc(N(C)C)nc(N2CCO[C@H](Cn3nc(C)cc3C)C2)n1. The fourth-order valence-electron chi connectivity index (χ4n) is 2.97. The summed E-state index contributed by atoms with van der Waals surface area (Å²) in [4.78, 5) is 13.5. The van der Waals surface area contributed by atoms with Gasteiger partial charge in [-0.3, -0.25) is 4.68 Å². The molecule has 0 N–H and O–H groups in total. The van der Waals surface area contributed by atoms with E-state index in [0.29, 0.717) is 6.61 Å². The van der Waals surface area contributed by atoms with Crippen molar-refractivity contribution in [3.8, 4) is 0 Å². The maximum atomic E-state index is 5.94. The van der Waals surface area contributed by atoms with Crippen molar-refractivity contribution in [3.05, 3.63) is 29.2 Å². The van der Waals surface area contributed by atoms with E-state index in [1.54, 1.807) is 0 Å². The summed E-state index contributed by atoms with van der Waals surface area (Å²) in [5.41, 5.74) is 3.18. The van der Waals surface area contributed by atoms with E-state index in [9.17, 15) is 0 Å². The number of morpholine rings is 1. The summed E-state index contributed by atoms with van der Waals surface area (Å²) in [6.07, 6.45) is 0.0867. The Hall–Kier alpha value is -2.15. The van der Waals surface area contributed by atoms with Crippen LogP contribution in [0.1, 0.15) is 17.1 Å². The maximum absolute atomic E-state index is 5.94. The lowest BCUT2D eigenvalue weighted by atomic mass is 10.2. The number of aryl methyl sites for hydroxylation is 3. The molecule has 0 spiro atoms. The van der Waals surface area contributed by atoms with E-state index in [4.69, 9.17) is 4.74 Å². The highest BCUT2D eigenvalue weighted by Crippen LogP contribution is 2.19. The van der Waals surface area contributed by atoms with Crippen molar-refractivity contribution < 1.29 is 4.74 Å². The fourth-order valence-corrected chi connectivity index (χ4v) is 2.97. The number of hydrogen-bond donors (Lipinski definition) is 0. The predicted octanol–water partition coefficient (Wildman–Crippen LogP) is 1.57. The molecule has 3 heterocycles. The second kappa shape index (κ2) is 6.76. The van der Waals surface area contributed by atoms with Crippen molar-refractivity contribution in [1.82, 2.24) is 19.7 Å². The molecule has 0 unspecified atom stereocenters. The highest BCUT2D eigenvalue weighted by Gasteiger charge is 2.24. The van der Waals surface area contributed by atoms with Gasteiger partial charge < -0.3 is 14.5 Å². The van der Waals surface area contributed by atoms with Crippen LogP contribution in [0.2, 0.25) is 0 Å². The molecule has 0 bridgehead atoms. The Morgan fingerprint density at radius 3 is 2.62 bits per heavy atom. The van der Waals surface area contributed by atoms with Gasteiger partial charge in [-0.05, 0) is 26.8 Å². The van der Waals surface area contributed by atoms with Gasteiger partial charge in [0.25, 0.3) is 0 Å². The average Bonchev–Trinajstić information content (AvgIpc) is 2.84. The van der Waals surface area contributed by atoms with Gasteiger partial charge in [-0.1, -0.05) is 0 Å². The highest BCUT2D eigenvalue weighted by molar-refractivity contribution is 5.45. The molecule has 0 radical (unpaired) electrons. The van der Waals surface area contributed by atoms with Crippen LogP contribution >= 0.6 is 0 Å². The second-order valence-corrected chi connectivity index (χ2v) is 6.61. The van der Waals surface area contributed by atoms with Gasteiger partial charge in [-0.25, -0.2) is 4.98 Å². The molecule has 1 saturated heterocycles. The van der Waals surface area contributed by atoms with E-state index in [0.717, 1.165) is 48.5 Å². The lowest BCUT2D eigenvalue weighted by Gasteiger charge is -2.33. The minimum absolute atomic E-state index is 0.0867. The smallest absolute Gasteiger partial charge is 0.227 e. The van der Waals surface area contributed by atoms with E-state index >= 15 is 0 Å². The normalized spacial score (nSPS) is 18.0. The van der Waals surface area contributed by atoms with Crippen LogP contribution in [0.3, 0.4) is 0 Å². The first-order valence-electron chi connectivity index (χ1n) is 8.33. The summed E-state index contributed by atoms with van der Waals surface area (Å²) >= 11 is 0. The van der Waals surface area contributed by atoms with E-state index < -0.39 is 0 Å². The largest absolute Gasteiger partial charge is 0.373 e. The Morgan fingerprint density at radius 2 is 1.96 bits per heavy atom. The minimum Gasteiger partial charge on any atom is -0.373 e. The third-order valence-corrected chi connectivity index (χ3v) is 4.19. The molecule has 2 aromatic rings. The molecular formula is C17H26N6O. The molecule has 24 heavy (non-hydrogen) atoms. The topological polar surface area (TPSA) is 59.3 Å². The van der Waals surface area contributed by atoms with Gasteiger partial charge >= 0.3 is 0 Å². The van der Waals surface area contributed by atoms with Crippen LogP contribution in [-0.2, 0) is 11.3 Å². The van der Waals surface area contributed by atoms with Crippen molar-refractivity contribution in [3.63, 3.8) is 0 Å². The highest BCUT2D eigenvalue weighted by atomic mass is 16.5. The summed E-state index contributed by atoms with van der Waals surface area (Å²) in [7, 11) is 3.99. The van der Waals surface area contributed by atoms with Gasteiger partial charge in [0.05, 0.1) is 24.9 Å². The lowest BCUT2D eigenvalue weighted by molar-refractivity contribution is 0.0265. The van der Waals surface area contributed by atoms with Crippen LogP contribution in [0.25, 0.3) is 0 Å². The Morgan fingerprint density at radius 1 is 1.17 bits per heavy atom. The van der Waals surface area contributed by atoms with Gasteiger partial charge in [0.15, 0.2) is 0 Å². The molecule has 130 valence electrons. The third-order valence-electron chi connectivity index (χ3n) is 4.19. The number of hydrogen-bond acceptors (Lipinski definition) is 6. The molecule has 0 saturated carbocycles. The van der Waals surface area contributed by atoms with Crippen molar-refractivity contribution in [2.45, 2.75) is 33.4 Å². The number of ether oxygens (including phenoxy) is 1. The van der Waals surface area contributed by atoms with E-state index in [1.807, 2.05) is 43.6 Å². The first-order valence-corrected chi connectivity index (χ1v) is 8.33. The predicted molar refractivity (Wildman–Crippen MR) is 94.8 cm³/mol. The van der Waals surface area contributed by atoms with Gasteiger partial charge in [0.2, 0.25) is 5.95 Å². The first-order chi connectivity index (χ1) is 11.4. The number of aromatic nitrogens is 4. The average molecular weight is 330 g/mol. The molecule has 1 fully saturated rings. The van der Waals surface area contributed by atoms with Crippen molar-refractivity contribution in [1.29, 1.82) is 0 Å². The Kier molecular flexibility index (Phi) is 4.71. The zero-order valence-corrected chi connectivity index (χ0v) is 15.2. The summed E-state index contributed by atoms with van der Waals surface area (Å²) in [6.45, 7) is 9.11. The number of rotatable bonds is 4. The summed E-state index contributed by atoms with van der Waals surface area (Å²) in [5, 5.41) is 4.53. The molecule has 2 aromatic heterocycles. The maximum Gasteiger partial charge on any atom is 0.227 e. The Balaban J connectivity index is 1.75. The number of anilines is 2. The Labute approximate surface area is 143 Å². The fraction of sp³-hybridized carbons (Fsp3) is 0.588. The van der Waals surface area contributed by atoms with Crippen molar-refractivity contribution in [2.75, 3.05) is 43.6 Å². The molecular weight excluding hydrogens is 304 g/mol. The Bertz CT molecular complexity index is 711. The first kappa shape index (κ1) is 16.7. The minimum atomic E-state index is 0.0867. The van der Waals surface area contributed by atoms with Gasteiger partial charge in [0, 0.05) is 44.6 Å². The van der Waals surface area contributed by atoms with E-state index in [2.05, 4.69) is 33.0 Å². The van der Waals surface area contributed by atoms with Crippen LogP contribution in [0, 0.1) is 20.8 Å². The van der Waals surface area contributed by atoms with Crippen LogP contribution in [-0.4, -0.2) is 59.6 Å². The molecule has 0 amide bonds. The third kappa shape index (κ3) is 3.67. The zero-order chi connectivity index (χ0) is 17.3. The molecule has 0 aliphatic carbocycles. The molecule has 1 atom stereocenters. The van der Waals surface area contributed by atoms with Gasteiger partial charge in [-0.2, -0.15) is 10.1 Å². The van der Waals surface area contributed by atoms with Crippen molar-refractivity contribution >= 4 is 11.8 Å². The molecule has 1 aliphatic heterocycles. The number of nitrogens with zero attached hydrogens (tertiary/aromatic N) is 6. The zero-order valence-electron chi connectivity index (χ0n) is 15.2. The van der Waals surface area contributed by atoms with Crippen LogP contribution in [0.4, 0.5) is 11.8 Å². The molecule has 0 aromatic carbocycles. The summed E-state index contributed by atoms with van der Waals surface area (Å²) < 4.78 is 7.96. The quantitative estimate of drug-likeness (QED) is 0.848. The molecule has 3 rings (SSSR count). The monoisotopic (exact) mass is 330 g/mol. The van der Waals surface area contributed by atoms with Crippen LogP contribution in [0.15, 0.2) is 12.1 Å². The molecule has 7 nitrogen and oxygen atoms in total. The van der Waals surface area contributed by atoms with E-state index in [-0.39, 0.29) is 6.10 Å². The molecule has 7 heteroatoms. The van der Waals surface area contributed by atoms with E-state index in [1.165, 1.54) is 0 Å². The van der Waals surface area contributed by atoms with Gasteiger partial charge in [-0.15, -0.1) is 0 Å². The second-order valence-electron chi connectivity index (χ2n) is 6.61. The standard InChI is InChI=1S/C17H26N6O/c1-12-9-16(21(4)5)19-17(18-12)22-6-7-24-15(10-22)11-23-14(3)8-13(2)20-23/h8-9,15H,6-7,10-11H2,1-5H3/t15-/m0/s1. The summed E-state index contributed by atoms with van der Waals surface area (Å²) in [6, 6.07) is 4.09. The summed E-state index contributed by atoms with van der Waals surface area (Å²) in [5.74, 6) is 1.71. The van der Waals surface area contributed by atoms with Crippen molar-refractivity contribution in [2.24, 2.45) is 0 Å². The van der Waals surface area contributed by atoms with Gasteiger partial charge in [0.1, 0.15) is 5.82 Å².